The predicted octanol–water partition coefficient (Wildman–Crippen LogP) is 2.21. The largest absolute Gasteiger partial charge is 0.290 e. The normalized spacial score (nSPS) is 15.8. The number of hydrogen-bond acceptors (Lipinski definition) is 4. The molecule has 0 saturated carbocycles. The van der Waals surface area contributed by atoms with Gasteiger partial charge in [0.25, 0.3) is 0 Å². The van der Waals surface area contributed by atoms with Gasteiger partial charge >= 0.3 is 0 Å². The molecule has 2 aromatic rings. The summed E-state index contributed by atoms with van der Waals surface area (Å²) in [6.07, 6.45) is 0. The minimum Gasteiger partial charge on any atom is -0.290 e. The Hall–Kier alpha value is -2.01. The highest BCUT2D eigenvalue weighted by molar-refractivity contribution is 7.91. The van der Waals surface area contributed by atoms with E-state index >= 15 is 0 Å². The number of hydrogen-bond donors (Lipinski definition) is 0. The first-order valence-corrected chi connectivity index (χ1v) is 6.44. The highest BCUT2D eigenvalue weighted by Gasteiger charge is 2.20. The Kier molecular flexibility index (Phi) is 2.09. The van der Waals surface area contributed by atoms with E-state index in [0.717, 1.165) is 0 Å². The van der Waals surface area contributed by atoms with E-state index in [-0.39, 0.29) is 9.79 Å². The molecule has 0 saturated heterocycles. The van der Waals surface area contributed by atoms with Gasteiger partial charge in [0.2, 0.25) is 9.84 Å². The van der Waals surface area contributed by atoms with Crippen LogP contribution in [0.3, 0.4) is 0 Å². The molecular weight excluding hydrogens is 240 g/mol. The molecule has 1 aliphatic rings. The molecule has 2 aromatic carbocycles. The topological polar surface area (TPSA) is 52.6 Å². The Morgan fingerprint density at radius 1 is 0.765 bits per heavy atom. The second-order valence-electron chi connectivity index (χ2n) is 3.62. The molecule has 5 heteroatoms. The van der Waals surface area contributed by atoms with Gasteiger partial charge in [0.15, 0.2) is 11.5 Å². The standard InChI is InChI=1S/C12H8O4S/c13-17(14)11-5-1-3-9(7-11)15-16-10-4-2-6-12(17)8-10/h1-8H. The molecule has 0 spiro atoms. The maximum Gasteiger partial charge on any atom is 0.206 e. The summed E-state index contributed by atoms with van der Waals surface area (Å²) >= 11 is 0. The minimum absolute atomic E-state index is 0.192. The van der Waals surface area contributed by atoms with Crippen molar-refractivity contribution in [2.45, 2.75) is 9.79 Å². The monoisotopic (exact) mass is 248 g/mol. The van der Waals surface area contributed by atoms with Crippen LogP contribution in [0.1, 0.15) is 0 Å². The van der Waals surface area contributed by atoms with Gasteiger partial charge in [-0.3, -0.25) is 9.78 Å². The molecule has 0 radical (unpaired) electrons. The van der Waals surface area contributed by atoms with Crippen LogP contribution < -0.4 is 9.78 Å². The fraction of sp³-hybridized carbons (Fsp3) is 0. The van der Waals surface area contributed by atoms with E-state index in [1.54, 1.807) is 24.3 Å². The van der Waals surface area contributed by atoms with Gasteiger partial charge in [-0.25, -0.2) is 8.42 Å². The quantitative estimate of drug-likeness (QED) is 0.671. The molecule has 1 heterocycles. The molecule has 3 rings (SSSR count). The summed E-state index contributed by atoms with van der Waals surface area (Å²) in [6.45, 7) is 0. The molecule has 0 aromatic heterocycles. The lowest BCUT2D eigenvalue weighted by atomic mass is 10.3. The van der Waals surface area contributed by atoms with Crippen molar-refractivity contribution in [3.8, 4) is 11.5 Å². The number of fused-ring (bicyclic) bond motifs is 4. The molecule has 0 aliphatic carbocycles. The van der Waals surface area contributed by atoms with Crippen molar-refractivity contribution in [3.63, 3.8) is 0 Å². The Morgan fingerprint density at radius 3 is 1.71 bits per heavy atom. The van der Waals surface area contributed by atoms with Gasteiger partial charge in [-0.2, -0.15) is 0 Å². The summed E-state index contributed by atoms with van der Waals surface area (Å²) in [5.41, 5.74) is 0. The third kappa shape index (κ3) is 1.64. The number of sulfone groups is 1. The maximum absolute atomic E-state index is 12.3. The van der Waals surface area contributed by atoms with Crippen molar-refractivity contribution in [1.82, 2.24) is 0 Å². The molecule has 4 bridgehead atoms. The van der Waals surface area contributed by atoms with Crippen LogP contribution in [0, 0.1) is 0 Å². The van der Waals surface area contributed by atoms with Gasteiger partial charge in [0, 0.05) is 12.1 Å². The molecule has 0 amide bonds. The average Bonchev–Trinajstić information content (AvgIpc) is 2.38. The van der Waals surface area contributed by atoms with Crippen LogP contribution in [-0.2, 0) is 9.84 Å². The van der Waals surface area contributed by atoms with E-state index in [4.69, 9.17) is 9.78 Å². The average molecular weight is 248 g/mol. The van der Waals surface area contributed by atoms with Gasteiger partial charge in [0.1, 0.15) is 0 Å². The molecule has 0 N–H and O–H groups in total. The summed E-state index contributed by atoms with van der Waals surface area (Å²) in [7, 11) is -3.50. The zero-order chi connectivity index (χ0) is 11.9. The van der Waals surface area contributed by atoms with E-state index in [1.165, 1.54) is 24.3 Å². The lowest BCUT2D eigenvalue weighted by Crippen LogP contribution is -2.00. The van der Waals surface area contributed by atoms with Crippen molar-refractivity contribution in [2.24, 2.45) is 0 Å². The molecule has 86 valence electrons. The number of benzene rings is 2. The molecular formula is C12H8O4S. The first kappa shape index (κ1) is 10.2. The second-order valence-corrected chi connectivity index (χ2v) is 5.57. The van der Waals surface area contributed by atoms with Gasteiger partial charge in [-0.05, 0) is 24.3 Å². The predicted molar refractivity (Wildman–Crippen MR) is 59.6 cm³/mol. The molecule has 1 aliphatic heterocycles. The van der Waals surface area contributed by atoms with Crippen LogP contribution >= 0.6 is 0 Å². The van der Waals surface area contributed by atoms with Gasteiger partial charge in [-0.15, -0.1) is 0 Å². The van der Waals surface area contributed by atoms with E-state index < -0.39 is 9.84 Å². The minimum atomic E-state index is -3.50. The van der Waals surface area contributed by atoms with E-state index in [2.05, 4.69) is 0 Å². The number of rotatable bonds is 0. The van der Waals surface area contributed by atoms with Gasteiger partial charge < -0.3 is 0 Å². The van der Waals surface area contributed by atoms with Crippen molar-refractivity contribution < 1.29 is 18.2 Å². The van der Waals surface area contributed by atoms with Crippen LogP contribution in [0.25, 0.3) is 0 Å². The third-order valence-electron chi connectivity index (χ3n) is 2.47. The zero-order valence-corrected chi connectivity index (χ0v) is 9.48. The van der Waals surface area contributed by atoms with E-state index in [1.807, 2.05) is 0 Å². The fourth-order valence-corrected chi connectivity index (χ4v) is 2.95. The second kappa shape index (κ2) is 3.49. The summed E-state index contributed by atoms with van der Waals surface area (Å²) in [5.74, 6) is 0.710. The third-order valence-corrected chi connectivity index (χ3v) is 4.21. The molecule has 0 atom stereocenters. The summed E-state index contributed by atoms with van der Waals surface area (Å²) < 4.78 is 24.5. The first-order valence-electron chi connectivity index (χ1n) is 4.96. The van der Waals surface area contributed by atoms with Crippen molar-refractivity contribution in [3.05, 3.63) is 48.5 Å². The Bertz CT molecular complexity index is 623. The Morgan fingerprint density at radius 2 is 1.24 bits per heavy atom. The molecule has 0 fully saturated rings. The van der Waals surface area contributed by atoms with Gasteiger partial charge in [-0.1, -0.05) is 12.1 Å². The molecule has 17 heavy (non-hydrogen) atoms. The summed E-state index contributed by atoms with van der Waals surface area (Å²) in [4.78, 5) is 10.5. The van der Waals surface area contributed by atoms with Crippen LogP contribution in [0.2, 0.25) is 0 Å². The van der Waals surface area contributed by atoms with Crippen LogP contribution in [0.4, 0.5) is 0 Å². The van der Waals surface area contributed by atoms with Crippen molar-refractivity contribution >= 4 is 9.84 Å². The highest BCUT2D eigenvalue weighted by Crippen LogP contribution is 2.28. The Labute approximate surface area is 98.3 Å². The smallest absolute Gasteiger partial charge is 0.206 e. The fourth-order valence-electron chi connectivity index (χ4n) is 1.62. The van der Waals surface area contributed by atoms with Crippen LogP contribution in [0.5, 0.6) is 11.5 Å². The lowest BCUT2D eigenvalue weighted by molar-refractivity contribution is -0.100. The van der Waals surface area contributed by atoms with Crippen molar-refractivity contribution in [1.29, 1.82) is 0 Å². The lowest BCUT2D eigenvalue weighted by Gasteiger charge is -2.03. The summed E-state index contributed by atoms with van der Waals surface area (Å²) in [5, 5.41) is 0. The van der Waals surface area contributed by atoms with E-state index in [9.17, 15) is 8.42 Å². The van der Waals surface area contributed by atoms with Crippen LogP contribution in [0.15, 0.2) is 58.3 Å². The highest BCUT2D eigenvalue weighted by atomic mass is 32.2. The van der Waals surface area contributed by atoms with Gasteiger partial charge in [0.05, 0.1) is 9.79 Å². The van der Waals surface area contributed by atoms with Crippen LogP contribution in [-0.4, -0.2) is 8.42 Å². The first-order chi connectivity index (χ1) is 8.16. The molecule has 0 unspecified atom stereocenters. The zero-order valence-electron chi connectivity index (χ0n) is 8.66. The molecule has 4 nitrogen and oxygen atoms in total. The van der Waals surface area contributed by atoms with Crippen molar-refractivity contribution in [2.75, 3.05) is 0 Å². The SMILES string of the molecule is O=S1(=O)c2cccc(c2)OOc2cccc1c2. The van der Waals surface area contributed by atoms with E-state index in [0.29, 0.717) is 11.5 Å². The summed E-state index contributed by atoms with van der Waals surface area (Å²) in [6, 6.07) is 12.4. The maximum atomic E-state index is 12.3. The Balaban J connectivity index is 2.33.